The number of hydrogen-bond donors (Lipinski definition) is 2. The van der Waals surface area contributed by atoms with Gasteiger partial charge in [0.25, 0.3) is 5.91 Å². The first-order valence-electron chi connectivity index (χ1n) is 2.86. The summed E-state index contributed by atoms with van der Waals surface area (Å²) in [7, 11) is 0. The number of carbonyl (C=O) groups is 1. The van der Waals surface area contributed by atoms with Crippen molar-refractivity contribution in [3.8, 4) is 0 Å². The Morgan fingerprint density at radius 2 is 2.33 bits per heavy atom. The minimum atomic E-state index is -0.480. The molecule has 4 nitrogen and oxygen atoms in total. The number of carbonyl (C=O) groups excluding carboxylic acids is 1. The molecule has 0 aliphatic carbocycles. The van der Waals surface area contributed by atoms with Gasteiger partial charge in [-0.1, -0.05) is 23.2 Å². The highest BCUT2D eigenvalue weighted by Gasteiger charge is 2.16. The third-order valence-electron chi connectivity index (χ3n) is 1.04. The summed E-state index contributed by atoms with van der Waals surface area (Å²) in [5.41, 5.74) is 0. The lowest BCUT2D eigenvalue weighted by molar-refractivity contribution is 0.0914. The summed E-state index contributed by atoms with van der Waals surface area (Å²) in [4.78, 5) is 11.2. The van der Waals surface area contributed by atoms with E-state index in [0.717, 1.165) is 11.5 Å². The van der Waals surface area contributed by atoms with Gasteiger partial charge in [-0.15, -0.1) is 0 Å². The lowest BCUT2D eigenvalue weighted by Crippen LogP contribution is -2.23. The fourth-order valence-electron chi connectivity index (χ4n) is 0.553. The van der Waals surface area contributed by atoms with Gasteiger partial charge in [0.2, 0.25) is 0 Å². The minimum Gasteiger partial charge on any atom is -0.376 e. The van der Waals surface area contributed by atoms with Gasteiger partial charge in [0.1, 0.15) is 16.6 Å². The predicted molar refractivity (Wildman–Crippen MR) is 46.7 cm³/mol. The van der Waals surface area contributed by atoms with Crippen LogP contribution in [-0.4, -0.2) is 22.1 Å². The SMILES string of the molecule is O=C(NCO)c1snc(Cl)c1Cl. The summed E-state index contributed by atoms with van der Waals surface area (Å²) in [5.74, 6) is -0.480. The van der Waals surface area contributed by atoms with Crippen LogP contribution in [0.3, 0.4) is 0 Å². The van der Waals surface area contributed by atoms with Gasteiger partial charge in [0, 0.05) is 0 Å². The van der Waals surface area contributed by atoms with Gasteiger partial charge >= 0.3 is 0 Å². The average molecular weight is 227 g/mol. The fraction of sp³-hybridized carbons (Fsp3) is 0.200. The van der Waals surface area contributed by atoms with Crippen molar-refractivity contribution in [2.24, 2.45) is 0 Å². The van der Waals surface area contributed by atoms with Crippen LogP contribution in [0.15, 0.2) is 0 Å². The zero-order chi connectivity index (χ0) is 9.14. The van der Waals surface area contributed by atoms with E-state index in [-0.39, 0.29) is 15.1 Å². The van der Waals surface area contributed by atoms with Gasteiger partial charge in [-0.05, 0) is 11.5 Å². The minimum absolute atomic E-state index is 0.102. The van der Waals surface area contributed by atoms with E-state index < -0.39 is 12.6 Å². The molecule has 12 heavy (non-hydrogen) atoms. The molecular weight excluding hydrogens is 223 g/mol. The number of aromatic nitrogens is 1. The second kappa shape index (κ2) is 4.04. The third-order valence-corrected chi connectivity index (χ3v) is 2.84. The molecule has 1 heterocycles. The van der Waals surface area contributed by atoms with E-state index in [0.29, 0.717) is 0 Å². The van der Waals surface area contributed by atoms with E-state index in [4.69, 9.17) is 28.3 Å². The summed E-state index contributed by atoms with van der Waals surface area (Å²) in [5, 5.41) is 10.8. The predicted octanol–water partition coefficient (Wildman–Crippen LogP) is 1.13. The molecule has 0 saturated heterocycles. The first kappa shape index (κ1) is 9.73. The summed E-state index contributed by atoms with van der Waals surface area (Å²) in [6.07, 6.45) is 0. The van der Waals surface area contributed by atoms with Crippen LogP contribution >= 0.6 is 34.7 Å². The van der Waals surface area contributed by atoms with E-state index in [1.807, 2.05) is 0 Å². The number of hydrogen-bond acceptors (Lipinski definition) is 4. The molecule has 1 aromatic heterocycles. The topological polar surface area (TPSA) is 62.2 Å². The molecule has 0 spiro atoms. The summed E-state index contributed by atoms with van der Waals surface area (Å²) < 4.78 is 3.65. The van der Waals surface area contributed by atoms with Crippen LogP contribution in [0.1, 0.15) is 9.67 Å². The largest absolute Gasteiger partial charge is 0.376 e. The highest BCUT2D eigenvalue weighted by atomic mass is 35.5. The van der Waals surface area contributed by atoms with E-state index in [9.17, 15) is 4.79 Å². The zero-order valence-electron chi connectivity index (χ0n) is 5.67. The van der Waals surface area contributed by atoms with E-state index in [1.54, 1.807) is 0 Å². The van der Waals surface area contributed by atoms with Gasteiger partial charge in [-0.2, -0.15) is 4.37 Å². The lowest BCUT2D eigenvalue weighted by Gasteiger charge is -1.96. The molecule has 0 atom stereocenters. The highest BCUT2D eigenvalue weighted by molar-refractivity contribution is 7.09. The fourth-order valence-corrected chi connectivity index (χ4v) is 1.68. The molecule has 0 saturated carbocycles. The summed E-state index contributed by atoms with van der Waals surface area (Å²) in [6, 6.07) is 0. The monoisotopic (exact) mass is 226 g/mol. The molecule has 0 bridgehead atoms. The molecular formula is C5H4Cl2N2O2S. The second-order valence-corrected chi connectivity index (χ2v) is 3.29. The number of halogens is 2. The van der Waals surface area contributed by atoms with Crippen LogP contribution in [0, 0.1) is 0 Å². The molecule has 7 heteroatoms. The number of nitrogens with zero attached hydrogens (tertiary/aromatic N) is 1. The van der Waals surface area contributed by atoms with Crippen molar-refractivity contribution < 1.29 is 9.90 Å². The van der Waals surface area contributed by atoms with Crippen LogP contribution in [0.25, 0.3) is 0 Å². The van der Waals surface area contributed by atoms with Gasteiger partial charge in [-0.25, -0.2) is 0 Å². The van der Waals surface area contributed by atoms with Crippen LogP contribution in [-0.2, 0) is 0 Å². The number of nitrogens with one attached hydrogen (secondary N) is 1. The molecule has 66 valence electrons. The Labute approximate surface area is 82.3 Å². The Balaban J connectivity index is 2.88. The van der Waals surface area contributed by atoms with Crippen LogP contribution < -0.4 is 5.32 Å². The van der Waals surface area contributed by atoms with E-state index in [1.165, 1.54) is 0 Å². The van der Waals surface area contributed by atoms with Crippen molar-refractivity contribution in [1.82, 2.24) is 9.69 Å². The lowest BCUT2D eigenvalue weighted by atomic mass is 10.4. The Kier molecular flexibility index (Phi) is 3.28. The third kappa shape index (κ3) is 1.87. The maximum absolute atomic E-state index is 11.0. The summed E-state index contributed by atoms with van der Waals surface area (Å²) in [6.45, 7) is -0.440. The molecule has 2 N–H and O–H groups in total. The van der Waals surface area contributed by atoms with Gasteiger partial charge in [0.15, 0.2) is 5.15 Å². The molecule has 0 radical (unpaired) electrons. The summed E-state index contributed by atoms with van der Waals surface area (Å²) >= 11 is 12.0. The standard InChI is InChI=1S/C5H4Cl2N2O2S/c6-2-3(5(11)8-1-10)12-9-4(2)7/h10H,1H2,(H,8,11). The van der Waals surface area contributed by atoms with Crippen molar-refractivity contribution in [3.05, 3.63) is 15.1 Å². The van der Waals surface area contributed by atoms with Crippen molar-refractivity contribution in [1.29, 1.82) is 0 Å². The maximum Gasteiger partial charge on any atom is 0.266 e. The van der Waals surface area contributed by atoms with E-state index >= 15 is 0 Å². The average Bonchev–Trinajstić information content (AvgIpc) is 2.34. The Hall–Kier alpha value is -0.360. The highest BCUT2D eigenvalue weighted by Crippen LogP contribution is 2.27. The first-order valence-corrected chi connectivity index (χ1v) is 4.39. The number of rotatable bonds is 2. The Morgan fingerprint density at radius 3 is 2.75 bits per heavy atom. The van der Waals surface area contributed by atoms with Crippen molar-refractivity contribution in [2.75, 3.05) is 6.73 Å². The number of aliphatic hydroxyl groups is 1. The number of amides is 1. The van der Waals surface area contributed by atoms with Gasteiger partial charge in [-0.3, -0.25) is 4.79 Å². The second-order valence-electron chi connectivity index (χ2n) is 1.78. The zero-order valence-corrected chi connectivity index (χ0v) is 8.00. The molecule has 0 aliphatic rings. The van der Waals surface area contributed by atoms with Gasteiger partial charge in [0.05, 0.1) is 0 Å². The molecule has 0 unspecified atom stereocenters. The maximum atomic E-state index is 11.0. The van der Waals surface area contributed by atoms with Gasteiger partial charge < -0.3 is 10.4 Å². The van der Waals surface area contributed by atoms with Crippen molar-refractivity contribution in [3.63, 3.8) is 0 Å². The van der Waals surface area contributed by atoms with Crippen LogP contribution in [0.2, 0.25) is 10.2 Å². The molecule has 0 aliphatic heterocycles. The molecule has 1 aromatic rings. The molecule has 0 fully saturated rings. The quantitative estimate of drug-likeness (QED) is 0.744. The molecule has 1 rings (SSSR count). The van der Waals surface area contributed by atoms with Crippen LogP contribution in [0.4, 0.5) is 0 Å². The Bertz CT molecular complexity index is 302. The van der Waals surface area contributed by atoms with Crippen LogP contribution in [0.5, 0.6) is 0 Å². The smallest absolute Gasteiger partial charge is 0.266 e. The molecule has 1 amide bonds. The normalized spacial score (nSPS) is 9.92. The molecule has 0 aromatic carbocycles. The van der Waals surface area contributed by atoms with Crippen molar-refractivity contribution in [2.45, 2.75) is 0 Å². The van der Waals surface area contributed by atoms with E-state index in [2.05, 4.69) is 9.69 Å². The Morgan fingerprint density at radius 1 is 1.67 bits per heavy atom. The van der Waals surface area contributed by atoms with Crippen molar-refractivity contribution >= 4 is 40.6 Å². The first-order chi connectivity index (χ1) is 5.66. The number of aliphatic hydroxyl groups excluding tert-OH is 1.